The molecular formula is C57H35NO2. The summed E-state index contributed by atoms with van der Waals surface area (Å²) in [7, 11) is 0. The van der Waals surface area contributed by atoms with E-state index in [0.29, 0.717) is 0 Å². The van der Waals surface area contributed by atoms with Gasteiger partial charge in [-0.05, 0) is 98.6 Å². The van der Waals surface area contributed by atoms with E-state index in [1.54, 1.807) is 0 Å². The zero-order valence-electron chi connectivity index (χ0n) is 32.5. The Morgan fingerprint density at radius 3 is 1.82 bits per heavy atom. The molecule has 2 aliphatic rings. The predicted molar refractivity (Wildman–Crippen MR) is 246 cm³/mol. The minimum Gasteiger partial charge on any atom is -0.457 e. The van der Waals surface area contributed by atoms with Crippen LogP contribution in [0.5, 0.6) is 11.5 Å². The normalized spacial score (nSPS) is 13.3. The van der Waals surface area contributed by atoms with E-state index >= 15 is 0 Å². The van der Waals surface area contributed by atoms with Gasteiger partial charge in [-0.25, -0.2) is 0 Å². The Morgan fingerprint density at radius 2 is 0.983 bits per heavy atom. The third kappa shape index (κ3) is 4.54. The highest BCUT2D eigenvalue weighted by molar-refractivity contribution is 6.16. The number of furan rings is 1. The molecule has 0 unspecified atom stereocenters. The molecule has 3 nitrogen and oxygen atoms in total. The molecular weight excluding hydrogens is 731 g/mol. The van der Waals surface area contributed by atoms with Crippen molar-refractivity contribution in [1.29, 1.82) is 0 Å². The first kappa shape index (κ1) is 33.1. The maximum absolute atomic E-state index is 6.66. The summed E-state index contributed by atoms with van der Waals surface area (Å²) in [6.07, 6.45) is 0. The van der Waals surface area contributed by atoms with Gasteiger partial charge in [0, 0.05) is 44.2 Å². The number of para-hydroxylation sites is 3. The highest BCUT2D eigenvalue weighted by atomic mass is 16.5. The first-order chi connectivity index (χ1) is 29.8. The molecule has 0 saturated heterocycles. The van der Waals surface area contributed by atoms with Gasteiger partial charge in [-0.2, -0.15) is 0 Å². The molecule has 1 aliphatic carbocycles. The SMILES string of the molecule is c1ccc2c(c1)Oc1ccccc1C21c2ccccc2-c2c(N(c3ccc(-c4cccc5ccccc45)cc3)c3ccc4ccc5c6ccccc6oc5c4c3)cccc21. The molecule has 1 aromatic heterocycles. The van der Waals surface area contributed by atoms with Gasteiger partial charge in [0.25, 0.3) is 0 Å². The number of hydrogen-bond donors (Lipinski definition) is 0. The second-order valence-electron chi connectivity index (χ2n) is 15.9. The molecule has 10 aromatic carbocycles. The molecule has 0 atom stereocenters. The second kappa shape index (κ2) is 12.6. The van der Waals surface area contributed by atoms with E-state index in [-0.39, 0.29) is 0 Å². The molecule has 13 rings (SSSR count). The van der Waals surface area contributed by atoms with Gasteiger partial charge in [0.05, 0.1) is 11.1 Å². The van der Waals surface area contributed by atoms with Crippen LogP contribution in [0.2, 0.25) is 0 Å². The smallest absolute Gasteiger partial charge is 0.143 e. The summed E-state index contributed by atoms with van der Waals surface area (Å²) in [5.74, 6) is 1.77. The Balaban J connectivity index is 1.09. The summed E-state index contributed by atoms with van der Waals surface area (Å²) in [5.41, 5.74) is 14.0. The van der Waals surface area contributed by atoms with Crippen LogP contribution in [0.1, 0.15) is 22.3 Å². The number of nitrogens with zero attached hydrogens (tertiary/aromatic N) is 1. The van der Waals surface area contributed by atoms with Gasteiger partial charge in [0.1, 0.15) is 22.7 Å². The van der Waals surface area contributed by atoms with Crippen LogP contribution in [0, 0.1) is 0 Å². The van der Waals surface area contributed by atoms with Crippen LogP contribution in [0.25, 0.3) is 65.7 Å². The maximum Gasteiger partial charge on any atom is 0.143 e. The van der Waals surface area contributed by atoms with Crippen LogP contribution in [0.4, 0.5) is 17.1 Å². The van der Waals surface area contributed by atoms with Crippen LogP contribution >= 0.6 is 0 Å². The molecule has 0 bridgehead atoms. The molecule has 0 amide bonds. The van der Waals surface area contributed by atoms with Crippen molar-refractivity contribution in [3.05, 3.63) is 235 Å². The van der Waals surface area contributed by atoms with Crippen molar-refractivity contribution >= 4 is 60.5 Å². The lowest BCUT2D eigenvalue weighted by Gasteiger charge is -2.39. The number of anilines is 3. The van der Waals surface area contributed by atoms with Crippen LogP contribution in [-0.4, -0.2) is 0 Å². The Bertz CT molecular complexity index is 3490. The Labute approximate surface area is 347 Å². The molecule has 0 N–H and O–H groups in total. The van der Waals surface area contributed by atoms with Crippen molar-refractivity contribution in [3.8, 4) is 33.8 Å². The van der Waals surface area contributed by atoms with Crippen molar-refractivity contribution in [2.24, 2.45) is 0 Å². The van der Waals surface area contributed by atoms with E-state index in [1.165, 1.54) is 44.2 Å². The molecule has 280 valence electrons. The molecule has 60 heavy (non-hydrogen) atoms. The molecule has 0 radical (unpaired) electrons. The summed E-state index contributed by atoms with van der Waals surface area (Å²) < 4.78 is 13.3. The summed E-state index contributed by atoms with van der Waals surface area (Å²) in [6.45, 7) is 0. The van der Waals surface area contributed by atoms with Crippen LogP contribution < -0.4 is 9.64 Å². The average Bonchev–Trinajstić information content (AvgIpc) is 3.84. The van der Waals surface area contributed by atoms with Crippen molar-refractivity contribution in [1.82, 2.24) is 0 Å². The van der Waals surface area contributed by atoms with Gasteiger partial charge in [0.2, 0.25) is 0 Å². The summed E-state index contributed by atoms with van der Waals surface area (Å²) in [4.78, 5) is 2.44. The predicted octanol–water partition coefficient (Wildman–Crippen LogP) is 15.5. The fraction of sp³-hybridized carbons (Fsp3) is 0.0175. The first-order valence-electron chi connectivity index (χ1n) is 20.6. The third-order valence-electron chi connectivity index (χ3n) is 12.9. The Hall–Kier alpha value is -7.88. The van der Waals surface area contributed by atoms with E-state index in [0.717, 1.165) is 72.4 Å². The number of rotatable bonds is 4. The zero-order chi connectivity index (χ0) is 39.4. The zero-order valence-corrected chi connectivity index (χ0v) is 32.5. The van der Waals surface area contributed by atoms with E-state index in [2.05, 4.69) is 211 Å². The molecule has 1 aliphatic heterocycles. The molecule has 0 fully saturated rings. The third-order valence-corrected chi connectivity index (χ3v) is 12.9. The Kier molecular flexibility index (Phi) is 6.93. The van der Waals surface area contributed by atoms with Crippen LogP contribution in [0.15, 0.2) is 217 Å². The second-order valence-corrected chi connectivity index (χ2v) is 15.9. The van der Waals surface area contributed by atoms with E-state index in [4.69, 9.17) is 9.15 Å². The number of benzene rings is 10. The van der Waals surface area contributed by atoms with Gasteiger partial charge in [-0.15, -0.1) is 0 Å². The topological polar surface area (TPSA) is 25.6 Å². The molecule has 2 heterocycles. The van der Waals surface area contributed by atoms with Gasteiger partial charge in [-0.1, -0.05) is 158 Å². The van der Waals surface area contributed by atoms with Gasteiger partial charge >= 0.3 is 0 Å². The number of fused-ring (bicyclic) bond motifs is 15. The minimum atomic E-state index is -0.582. The fourth-order valence-corrected chi connectivity index (χ4v) is 10.4. The highest BCUT2D eigenvalue weighted by Gasteiger charge is 2.51. The fourth-order valence-electron chi connectivity index (χ4n) is 10.4. The van der Waals surface area contributed by atoms with Crippen molar-refractivity contribution in [2.75, 3.05) is 4.90 Å². The lowest BCUT2D eigenvalue weighted by Crippen LogP contribution is -2.32. The lowest BCUT2D eigenvalue weighted by molar-refractivity contribution is 0.436. The van der Waals surface area contributed by atoms with Gasteiger partial charge in [0.15, 0.2) is 0 Å². The molecule has 3 heteroatoms. The molecule has 11 aromatic rings. The monoisotopic (exact) mass is 765 g/mol. The average molecular weight is 766 g/mol. The maximum atomic E-state index is 6.66. The minimum absolute atomic E-state index is 0.582. The highest BCUT2D eigenvalue weighted by Crippen LogP contribution is 2.64. The lowest BCUT2D eigenvalue weighted by atomic mass is 9.66. The largest absolute Gasteiger partial charge is 0.457 e. The van der Waals surface area contributed by atoms with Crippen LogP contribution in [0.3, 0.4) is 0 Å². The molecule has 1 spiro atoms. The van der Waals surface area contributed by atoms with Crippen molar-refractivity contribution < 1.29 is 9.15 Å². The standard InChI is InChI=1S/C57H35NO2/c1-2-15-41-36(13-1)14-11-18-42(41)37-27-31-39(32-28-37)58(40-33-29-38-30-34-44-43-16-4-8-24-52(43)60-56(44)46(38)35-40)51-23-12-22-50-55(51)45-17-3-5-19-47(45)57(50)48-20-6-9-25-53(48)59-54-26-10-7-21-49(54)57/h1-35H. The van der Waals surface area contributed by atoms with E-state index in [9.17, 15) is 0 Å². The number of hydrogen-bond acceptors (Lipinski definition) is 3. The van der Waals surface area contributed by atoms with Gasteiger partial charge < -0.3 is 14.1 Å². The van der Waals surface area contributed by atoms with Crippen molar-refractivity contribution in [2.45, 2.75) is 5.41 Å². The van der Waals surface area contributed by atoms with E-state index < -0.39 is 5.41 Å². The summed E-state index contributed by atoms with van der Waals surface area (Å²) in [6, 6.07) is 76.8. The summed E-state index contributed by atoms with van der Waals surface area (Å²) >= 11 is 0. The van der Waals surface area contributed by atoms with Crippen LogP contribution in [-0.2, 0) is 5.41 Å². The van der Waals surface area contributed by atoms with Crippen molar-refractivity contribution in [3.63, 3.8) is 0 Å². The number of ether oxygens (including phenoxy) is 1. The molecule has 0 saturated carbocycles. The van der Waals surface area contributed by atoms with Gasteiger partial charge in [-0.3, -0.25) is 0 Å². The summed E-state index contributed by atoms with van der Waals surface area (Å²) in [5, 5.41) is 6.94. The first-order valence-corrected chi connectivity index (χ1v) is 20.6. The van der Waals surface area contributed by atoms with E-state index in [1.807, 2.05) is 6.07 Å². The quantitative estimate of drug-likeness (QED) is 0.178. The Morgan fingerprint density at radius 1 is 0.383 bits per heavy atom.